The molecular weight excluding hydrogens is 307 g/mol. The number of rotatable bonds is 6. The second kappa shape index (κ2) is 7.10. The van der Waals surface area contributed by atoms with Crippen molar-refractivity contribution in [2.24, 2.45) is 0 Å². The summed E-state index contributed by atoms with van der Waals surface area (Å²) >= 11 is 0. The molecule has 0 aromatic heterocycles. The fourth-order valence-corrected chi connectivity index (χ4v) is 1.67. The number of nitrogens with zero attached hydrogens (tertiary/aromatic N) is 1. The highest BCUT2D eigenvalue weighted by Crippen LogP contribution is 2.39. The van der Waals surface area contributed by atoms with Crippen molar-refractivity contribution in [1.29, 1.82) is 0 Å². The largest absolute Gasteiger partial charge is 0.487 e. The fourth-order valence-electron chi connectivity index (χ4n) is 1.67. The van der Waals surface area contributed by atoms with E-state index in [1.807, 2.05) is 6.92 Å². The second-order valence-electron chi connectivity index (χ2n) is 4.31. The summed E-state index contributed by atoms with van der Waals surface area (Å²) in [6, 6.07) is 0.982. The Morgan fingerprint density at radius 3 is 2.45 bits per heavy atom. The van der Waals surface area contributed by atoms with Crippen molar-refractivity contribution in [3.63, 3.8) is 0 Å². The van der Waals surface area contributed by atoms with Crippen LogP contribution in [0.15, 0.2) is 12.1 Å². The van der Waals surface area contributed by atoms with Gasteiger partial charge in [-0.15, -0.1) is 0 Å². The lowest BCUT2D eigenvalue weighted by atomic mass is 10.1. The van der Waals surface area contributed by atoms with Gasteiger partial charge in [-0.1, -0.05) is 13.3 Å². The molecule has 1 aromatic rings. The van der Waals surface area contributed by atoms with Gasteiger partial charge >= 0.3 is 17.8 Å². The molecular formula is C13H14F3NO5. The number of halogens is 3. The van der Waals surface area contributed by atoms with Gasteiger partial charge < -0.3 is 9.47 Å². The lowest BCUT2D eigenvalue weighted by molar-refractivity contribution is -0.386. The van der Waals surface area contributed by atoms with Gasteiger partial charge in [0.1, 0.15) is 0 Å². The van der Waals surface area contributed by atoms with E-state index in [1.165, 1.54) is 0 Å². The van der Waals surface area contributed by atoms with Crippen molar-refractivity contribution < 1.29 is 32.4 Å². The van der Waals surface area contributed by atoms with Crippen LogP contribution >= 0.6 is 0 Å². The first-order valence-corrected chi connectivity index (χ1v) is 6.33. The first kappa shape index (κ1) is 17.7. The van der Waals surface area contributed by atoms with Crippen LogP contribution < -0.4 is 4.74 Å². The molecule has 0 aliphatic rings. The number of benzene rings is 1. The van der Waals surface area contributed by atoms with Crippen LogP contribution in [0.25, 0.3) is 0 Å². The summed E-state index contributed by atoms with van der Waals surface area (Å²) in [4.78, 5) is 21.5. The van der Waals surface area contributed by atoms with Gasteiger partial charge in [-0.2, -0.15) is 13.2 Å². The fraction of sp³-hybridized carbons (Fsp3) is 0.462. The molecule has 122 valence electrons. The number of nitro benzene ring substituents is 1. The van der Waals surface area contributed by atoms with Crippen LogP contribution in [0, 0.1) is 10.1 Å². The number of hydrogen-bond acceptors (Lipinski definition) is 5. The maximum Gasteiger partial charge on any atom is 0.417 e. The summed E-state index contributed by atoms with van der Waals surface area (Å²) in [5.41, 5.74) is -2.98. The first-order valence-electron chi connectivity index (χ1n) is 6.33. The van der Waals surface area contributed by atoms with Gasteiger partial charge in [0.15, 0.2) is 5.75 Å². The van der Waals surface area contributed by atoms with E-state index < -0.39 is 39.6 Å². The highest BCUT2D eigenvalue weighted by atomic mass is 19.4. The lowest BCUT2D eigenvalue weighted by Gasteiger charge is -2.14. The van der Waals surface area contributed by atoms with Crippen molar-refractivity contribution in [3.05, 3.63) is 33.4 Å². The summed E-state index contributed by atoms with van der Waals surface area (Å²) in [5.74, 6) is -1.84. The summed E-state index contributed by atoms with van der Waals surface area (Å²) < 4.78 is 48.3. The molecule has 0 unspecified atom stereocenters. The Morgan fingerprint density at radius 1 is 1.36 bits per heavy atom. The standard InChI is InChI=1S/C13H14F3NO5/c1-3-4-5-22-11-7-9(13(14,15)16)8(12(18)21-2)6-10(11)17(19)20/h6-7H,3-5H2,1-2H3. The molecule has 0 aliphatic heterocycles. The van der Waals surface area contributed by atoms with Crippen molar-refractivity contribution in [2.45, 2.75) is 25.9 Å². The van der Waals surface area contributed by atoms with Crippen LogP contribution in [0.3, 0.4) is 0 Å². The maximum atomic E-state index is 13.0. The molecule has 0 bridgehead atoms. The molecule has 0 saturated heterocycles. The predicted octanol–water partition coefficient (Wildman–Crippen LogP) is 3.58. The van der Waals surface area contributed by atoms with Crippen LogP contribution in [-0.4, -0.2) is 24.6 Å². The Bertz CT molecular complexity index is 572. The second-order valence-corrected chi connectivity index (χ2v) is 4.31. The summed E-state index contributed by atoms with van der Waals surface area (Å²) in [6.45, 7) is 1.87. The van der Waals surface area contributed by atoms with Gasteiger partial charge in [0, 0.05) is 12.1 Å². The molecule has 0 radical (unpaired) electrons. The smallest absolute Gasteiger partial charge is 0.417 e. The zero-order valence-electron chi connectivity index (χ0n) is 11.9. The summed E-state index contributed by atoms with van der Waals surface area (Å²) in [5, 5.41) is 11.0. The predicted molar refractivity (Wildman–Crippen MR) is 69.8 cm³/mol. The van der Waals surface area contributed by atoms with Gasteiger partial charge in [0.2, 0.25) is 0 Å². The number of unbranched alkanes of at least 4 members (excludes halogenated alkanes) is 1. The Kier molecular flexibility index (Phi) is 5.72. The van der Waals surface area contributed by atoms with Gasteiger partial charge in [0.05, 0.1) is 29.8 Å². The lowest BCUT2D eigenvalue weighted by Crippen LogP contribution is -2.15. The maximum absolute atomic E-state index is 13.0. The first-order chi connectivity index (χ1) is 10.2. The number of nitro groups is 1. The topological polar surface area (TPSA) is 78.7 Å². The minimum atomic E-state index is -4.87. The quantitative estimate of drug-likeness (QED) is 0.346. The SMILES string of the molecule is CCCCOc1cc(C(F)(F)F)c(C(=O)OC)cc1[N+](=O)[O-]. The van der Waals surface area contributed by atoms with E-state index in [2.05, 4.69) is 4.74 Å². The minimum Gasteiger partial charge on any atom is -0.487 e. The zero-order valence-corrected chi connectivity index (χ0v) is 11.9. The van der Waals surface area contributed by atoms with Crippen LogP contribution in [0.5, 0.6) is 5.75 Å². The van der Waals surface area contributed by atoms with Crippen LogP contribution in [0.1, 0.15) is 35.7 Å². The third-order valence-corrected chi connectivity index (χ3v) is 2.76. The Balaban J connectivity index is 3.44. The molecule has 0 N–H and O–H groups in total. The Labute approximate surface area is 124 Å². The molecule has 0 atom stereocenters. The number of carbonyl (C=O) groups is 1. The average Bonchev–Trinajstić information content (AvgIpc) is 2.45. The molecule has 0 heterocycles. The van der Waals surface area contributed by atoms with E-state index in [0.29, 0.717) is 25.0 Å². The average molecular weight is 321 g/mol. The molecule has 0 saturated carbocycles. The molecule has 22 heavy (non-hydrogen) atoms. The number of carbonyl (C=O) groups excluding carboxylic acids is 1. The molecule has 0 aliphatic carbocycles. The monoisotopic (exact) mass is 321 g/mol. The molecule has 1 aromatic carbocycles. The number of methoxy groups -OCH3 is 1. The van der Waals surface area contributed by atoms with E-state index in [-0.39, 0.29) is 6.61 Å². The third-order valence-electron chi connectivity index (χ3n) is 2.76. The molecule has 0 fully saturated rings. The van der Waals surface area contributed by atoms with E-state index in [9.17, 15) is 28.1 Å². The zero-order chi connectivity index (χ0) is 16.9. The van der Waals surface area contributed by atoms with Crippen LogP contribution in [0.2, 0.25) is 0 Å². The normalized spacial score (nSPS) is 11.1. The van der Waals surface area contributed by atoms with Crippen molar-refractivity contribution in [3.8, 4) is 5.75 Å². The Hall–Kier alpha value is -2.32. The van der Waals surface area contributed by atoms with Crippen molar-refractivity contribution in [2.75, 3.05) is 13.7 Å². The number of hydrogen-bond donors (Lipinski definition) is 0. The van der Waals surface area contributed by atoms with Crippen molar-refractivity contribution >= 4 is 11.7 Å². The molecule has 0 amide bonds. The van der Waals surface area contributed by atoms with E-state index in [1.54, 1.807) is 0 Å². The van der Waals surface area contributed by atoms with Crippen molar-refractivity contribution in [1.82, 2.24) is 0 Å². The molecule has 0 spiro atoms. The van der Waals surface area contributed by atoms with E-state index in [4.69, 9.17) is 4.74 Å². The summed E-state index contributed by atoms with van der Waals surface area (Å²) in [6.07, 6.45) is -3.64. The third kappa shape index (κ3) is 4.09. The highest BCUT2D eigenvalue weighted by molar-refractivity contribution is 5.92. The van der Waals surface area contributed by atoms with Gasteiger partial charge in [0.25, 0.3) is 0 Å². The molecule has 6 nitrogen and oxygen atoms in total. The van der Waals surface area contributed by atoms with Gasteiger partial charge in [-0.3, -0.25) is 10.1 Å². The minimum absolute atomic E-state index is 0.0339. The molecule has 9 heteroatoms. The number of alkyl halides is 3. The van der Waals surface area contributed by atoms with E-state index >= 15 is 0 Å². The van der Waals surface area contributed by atoms with Gasteiger partial charge in [-0.25, -0.2) is 4.79 Å². The molecule has 1 rings (SSSR count). The Morgan fingerprint density at radius 2 is 2.00 bits per heavy atom. The highest BCUT2D eigenvalue weighted by Gasteiger charge is 2.38. The summed E-state index contributed by atoms with van der Waals surface area (Å²) in [7, 11) is 0.889. The number of esters is 1. The van der Waals surface area contributed by atoms with Crippen LogP contribution in [-0.2, 0) is 10.9 Å². The number of ether oxygens (including phenoxy) is 2. The van der Waals surface area contributed by atoms with Gasteiger partial charge in [-0.05, 0) is 6.42 Å². The van der Waals surface area contributed by atoms with Crippen LogP contribution in [0.4, 0.5) is 18.9 Å². The van der Waals surface area contributed by atoms with E-state index in [0.717, 1.165) is 7.11 Å².